The van der Waals surface area contributed by atoms with Crippen LogP contribution in [0, 0.1) is 0 Å². The van der Waals surface area contributed by atoms with Gasteiger partial charge in [-0.25, -0.2) is 0 Å². The maximum Gasteiger partial charge on any atom is 0.161 e. The normalized spacial score (nSPS) is 20.9. The predicted molar refractivity (Wildman–Crippen MR) is 62.6 cm³/mol. The van der Waals surface area contributed by atoms with Crippen molar-refractivity contribution < 1.29 is 14.3 Å². The Balaban J connectivity index is 2.35. The van der Waals surface area contributed by atoms with E-state index in [1.165, 1.54) is 0 Å². The molecule has 1 aliphatic rings. The summed E-state index contributed by atoms with van der Waals surface area (Å²) in [5.74, 6) is 0.152. The fourth-order valence-electron chi connectivity index (χ4n) is 2.18. The number of carbonyl (C=O) groups is 1. The quantitative estimate of drug-likeness (QED) is 0.639. The Bertz CT molecular complexity index is 222. The Labute approximate surface area is 97.9 Å². The van der Waals surface area contributed by atoms with Gasteiger partial charge in [-0.2, -0.15) is 0 Å². The van der Waals surface area contributed by atoms with Gasteiger partial charge in [-0.15, -0.1) is 0 Å². The fraction of sp³-hybridized carbons (Fsp3) is 0.917. The fourth-order valence-corrected chi connectivity index (χ4v) is 2.18. The third-order valence-electron chi connectivity index (χ3n) is 3.45. The molecule has 0 radical (unpaired) electrons. The molecule has 0 aromatic rings. The number of hydrogen-bond donors (Lipinski definition) is 0. The van der Waals surface area contributed by atoms with Gasteiger partial charge in [-0.1, -0.05) is 0 Å². The second-order valence-corrected chi connectivity index (χ2v) is 4.29. The van der Waals surface area contributed by atoms with Crippen molar-refractivity contribution in [1.29, 1.82) is 0 Å². The molecule has 0 aromatic carbocycles. The zero-order valence-electron chi connectivity index (χ0n) is 10.6. The van der Waals surface area contributed by atoms with Gasteiger partial charge in [0.15, 0.2) is 5.78 Å². The van der Waals surface area contributed by atoms with Crippen molar-refractivity contribution in [2.45, 2.75) is 32.3 Å². The molecule has 1 saturated heterocycles. The zero-order valence-corrected chi connectivity index (χ0v) is 10.6. The standard InChI is InChI=1S/C12H23NO3/c1-4-16-10-9-13-7-5-12(15-3,6-8-13)11(2)14/h4-10H2,1-3H3. The molecule has 0 amide bonds. The summed E-state index contributed by atoms with van der Waals surface area (Å²) in [6.45, 7) is 7.95. The van der Waals surface area contributed by atoms with Gasteiger partial charge in [-0.05, 0) is 26.7 Å². The Morgan fingerprint density at radius 2 is 2.00 bits per heavy atom. The van der Waals surface area contributed by atoms with Gasteiger partial charge < -0.3 is 14.4 Å². The summed E-state index contributed by atoms with van der Waals surface area (Å²) in [7, 11) is 1.64. The number of piperidine rings is 1. The van der Waals surface area contributed by atoms with Crippen molar-refractivity contribution in [3.05, 3.63) is 0 Å². The molecule has 4 heteroatoms. The van der Waals surface area contributed by atoms with Gasteiger partial charge in [0.2, 0.25) is 0 Å². The molecule has 0 N–H and O–H groups in total. The minimum Gasteiger partial charge on any atom is -0.380 e. The average Bonchev–Trinajstić information content (AvgIpc) is 2.30. The van der Waals surface area contributed by atoms with E-state index in [2.05, 4.69) is 4.90 Å². The van der Waals surface area contributed by atoms with E-state index < -0.39 is 5.60 Å². The molecule has 16 heavy (non-hydrogen) atoms. The highest BCUT2D eigenvalue weighted by Crippen LogP contribution is 2.26. The van der Waals surface area contributed by atoms with E-state index in [1.807, 2.05) is 6.92 Å². The number of nitrogens with zero attached hydrogens (tertiary/aromatic N) is 1. The number of Topliss-reactive ketones (excluding diaryl/α,β-unsaturated/α-hetero) is 1. The summed E-state index contributed by atoms with van der Waals surface area (Å²) in [5, 5.41) is 0. The van der Waals surface area contributed by atoms with Crippen LogP contribution in [0.2, 0.25) is 0 Å². The third kappa shape index (κ3) is 3.27. The number of likely N-dealkylation sites (tertiary alicyclic amines) is 1. The molecule has 0 saturated carbocycles. The first-order valence-electron chi connectivity index (χ1n) is 6.01. The van der Waals surface area contributed by atoms with Crippen LogP contribution in [-0.4, -0.2) is 56.2 Å². The SMILES string of the molecule is CCOCCN1CCC(OC)(C(C)=O)CC1. The van der Waals surface area contributed by atoms with E-state index in [-0.39, 0.29) is 5.78 Å². The maximum absolute atomic E-state index is 11.6. The van der Waals surface area contributed by atoms with E-state index in [0.29, 0.717) is 0 Å². The van der Waals surface area contributed by atoms with Crippen LogP contribution in [0.25, 0.3) is 0 Å². The van der Waals surface area contributed by atoms with E-state index in [4.69, 9.17) is 9.47 Å². The van der Waals surface area contributed by atoms with Crippen molar-refractivity contribution in [2.75, 3.05) is 40.0 Å². The second kappa shape index (κ2) is 6.33. The van der Waals surface area contributed by atoms with Crippen LogP contribution in [0.3, 0.4) is 0 Å². The lowest BCUT2D eigenvalue weighted by Crippen LogP contribution is -2.50. The first kappa shape index (κ1) is 13.6. The second-order valence-electron chi connectivity index (χ2n) is 4.29. The van der Waals surface area contributed by atoms with Gasteiger partial charge in [0, 0.05) is 33.4 Å². The molecule has 0 bridgehead atoms. The largest absolute Gasteiger partial charge is 0.380 e. The van der Waals surface area contributed by atoms with E-state index >= 15 is 0 Å². The van der Waals surface area contributed by atoms with Crippen LogP contribution in [0.4, 0.5) is 0 Å². The molecule has 0 aliphatic carbocycles. The smallest absolute Gasteiger partial charge is 0.161 e. The Morgan fingerprint density at radius 3 is 2.44 bits per heavy atom. The molecular formula is C12H23NO3. The van der Waals surface area contributed by atoms with Crippen molar-refractivity contribution in [3.8, 4) is 0 Å². The topological polar surface area (TPSA) is 38.8 Å². The Kier molecular flexibility index (Phi) is 5.38. The molecule has 0 unspecified atom stereocenters. The lowest BCUT2D eigenvalue weighted by Gasteiger charge is -2.39. The summed E-state index contributed by atoms with van der Waals surface area (Å²) >= 11 is 0. The number of carbonyl (C=O) groups excluding carboxylic acids is 1. The molecule has 94 valence electrons. The minimum absolute atomic E-state index is 0.152. The van der Waals surface area contributed by atoms with Crippen LogP contribution < -0.4 is 0 Å². The summed E-state index contributed by atoms with van der Waals surface area (Å²) in [5.41, 5.74) is -0.526. The van der Waals surface area contributed by atoms with E-state index in [1.54, 1.807) is 14.0 Å². The number of rotatable bonds is 6. The lowest BCUT2D eigenvalue weighted by molar-refractivity contribution is -0.144. The molecule has 1 aliphatic heterocycles. The molecule has 0 atom stereocenters. The first-order chi connectivity index (χ1) is 7.64. The highest BCUT2D eigenvalue weighted by molar-refractivity contribution is 5.85. The zero-order chi connectivity index (χ0) is 12.0. The summed E-state index contributed by atoms with van der Waals surface area (Å²) in [4.78, 5) is 13.9. The van der Waals surface area contributed by atoms with Crippen LogP contribution in [0.15, 0.2) is 0 Å². The molecule has 0 spiro atoms. The van der Waals surface area contributed by atoms with Gasteiger partial charge in [0.25, 0.3) is 0 Å². The van der Waals surface area contributed by atoms with Crippen LogP contribution in [0.5, 0.6) is 0 Å². The summed E-state index contributed by atoms with van der Waals surface area (Å²) in [6, 6.07) is 0. The monoisotopic (exact) mass is 229 g/mol. The highest BCUT2D eigenvalue weighted by Gasteiger charge is 2.38. The van der Waals surface area contributed by atoms with Crippen molar-refractivity contribution >= 4 is 5.78 Å². The van der Waals surface area contributed by atoms with Crippen molar-refractivity contribution in [1.82, 2.24) is 4.90 Å². The number of ketones is 1. The van der Waals surface area contributed by atoms with E-state index in [9.17, 15) is 4.79 Å². The van der Waals surface area contributed by atoms with Gasteiger partial charge in [0.1, 0.15) is 5.60 Å². The Hall–Kier alpha value is -0.450. The number of methoxy groups -OCH3 is 1. The van der Waals surface area contributed by atoms with Crippen molar-refractivity contribution in [3.63, 3.8) is 0 Å². The summed E-state index contributed by atoms with van der Waals surface area (Å²) < 4.78 is 10.7. The number of ether oxygens (including phenoxy) is 2. The maximum atomic E-state index is 11.6. The Morgan fingerprint density at radius 1 is 1.38 bits per heavy atom. The predicted octanol–water partition coefficient (Wildman–Crippen LogP) is 1.09. The summed E-state index contributed by atoms with van der Waals surface area (Å²) in [6.07, 6.45) is 1.59. The average molecular weight is 229 g/mol. The highest BCUT2D eigenvalue weighted by atomic mass is 16.5. The first-order valence-corrected chi connectivity index (χ1v) is 6.01. The molecular weight excluding hydrogens is 206 g/mol. The van der Waals surface area contributed by atoms with Crippen LogP contribution in [0.1, 0.15) is 26.7 Å². The molecule has 1 fully saturated rings. The molecule has 1 rings (SSSR count). The molecule has 1 heterocycles. The lowest BCUT2D eigenvalue weighted by atomic mass is 9.87. The number of hydrogen-bond acceptors (Lipinski definition) is 4. The van der Waals surface area contributed by atoms with Gasteiger partial charge in [-0.3, -0.25) is 4.79 Å². The minimum atomic E-state index is -0.526. The van der Waals surface area contributed by atoms with E-state index in [0.717, 1.165) is 45.7 Å². The van der Waals surface area contributed by atoms with Gasteiger partial charge >= 0.3 is 0 Å². The van der Waals surface area contributed by atoms with Crippen molar-refractivity contribution in [2.24, 2.45) is 0 Å². The van der Waals surface area contributed by atoms with Crippen LogP contribution >= 0.6 is 0 Å². The third-order valence-corrected chi connectivity index (χ3v) is 3.45. The van der Waals surface area contributed by atoms with Crippen LogP contribution in [-0.2, 0) is 14.3 Å². The molecule has 0 aromatic heterocycles. The molecule has 4 nitrogen and oxygen atoms in total. The van der Waals surface area contributed by atoms with Gasteiger partial charge in [0.05, 0.1) is 6.61 Å².